The minimum atomic E-state index is -2.99. The first-order valence-electron chi connectivity index (χ1n) is 11.2. The van der Waals surface area contributed by atoms with E-state index < -0.39 is 25.2 Å². The molecule has 2 aliphatic rings. The molecule has 188 valence electrons. The van der Waals surface area contributed by atoms with Crippen molar-refractivity contribution in [1.29, 1.82) is 5.26 Å². The highest BCUT2D eigenvalue weighted by atomic mass is 35.5. The maximum Gasteiger partial charge on any atom is 0.387 e. The van der Waals surface area contributed by atoms with E-state index in [1.165, 1.54) is 23.2 Å². The van der Waals surface area contributed by atoms with Gasteiger partial charge in [0.15, 0.2) is 6.19 Å². The number of nitriles is 1. The molecule has 1 fully saturated rings. The molecule has 1 unspecified atom stereocenters. The van der Waals surface area contributed by atoms with E-state index in [2.05, 4.69) is 20.1 Å². The van der Waals surface area contributed by atoms with Gasteiger partial charge in [-0.1, -0.05) is 29.8 Å². The number of benzene rings is 2. The molecule has 0 radical (unpaired) electrons. The predicted octanol–water partition coefficient (Wildman–Crippen LogP) is 3.32. The molecule has 4 rings (SSSR count). The average Bonchev–Trinajstić information content (AvgIpc) is 3.58. The topological polar surface area (TPSA) is 114 Å². The minimum Gasteiger partial charge on any atom is -0.435 e. The van der Waals surface area contributed by atoms with E-state index in [-0.39, 0.29) is 23.9 Å². The number of nitrogens with zero attached hydrogens (tertiary/aromatic N) is 5. The summed E-state index contributed by atoms with van der Waals surface area (Å²) in [4.78, 5) is 18.7. The second-order valence-electron chi connectivity index (χ2n) is 8.29. The smallest absolute Gasteiger partial charge is 0.387 e. The Morgan fingerprint density at radius 2 is 2.08 bits per heavy atom. The van der Waals surface area contributed by atoms with Crippen molar-refractivity contribution in [2.75, 3.05) is 19.7 Å². The van der Waals surface area contributed by atoms with Gasteiger partial charge in [-0.2, -0.15) is 19.1 Å². The number of ether oxygens (including phenoxy) is 1. The monoisotopic (exact) mass is 516 g/mol. The summed E-state index contributed by atoms with van der Waals surface area (Å²) in [5, 5.41) is 28.1. The van der Waals surface area contributed by atoms with E-state index in [0.717, 1.165) is 12.8 Å². The zero-order valence-electron chi connectivity index (χ0n) is 19.0. The van der Waals surface area contributed by atoms with Crippen molar-refractivity contribution >= 4 is 34.9 Å². The number of amides is 1. The fraction of sp³-hybridized carbons (Fsp3) is 0.333. The Kier molecular flexibility index (Phi) is 7.97. The van der Waals surface area contributed by atoms with Crippen molar-refractivity contribution in [2.45, 2.75) is 25.5 Å². The number of carbonyl (C=O) groups excluding carboxylic acids is 1. The molecule has 2 N–H and O–H groups in total. The zero-order chi connectivity index (χ0) is 25.7. The third-order valence-electron chi connectivity index (χ3n) is 5.70. The Morgan fingerprint density at radius 1 is 1.33 bits per heavy atom. The van der Waals surface area contributed by atoms with Gasteiger partial charge in [0.2, 0.25) is 11.9 Å². The summed E-state index contributed by atoms with van der Waals surface area (Å²) < 4.78 is 29.7. The first-order chi connectivity index (χ1) is 17.4. The van der Waals surface area contributed by atoms with Crippen LogP contribution in [-0.2, 0) is 4.79 Å². The van der Waals surface area contributed by atoms with Gasteiger partial charge in [-0.3, -0.25) is 10.1 Å². The normalized spacial score (nSPS) is 17.6. The SMILES string of the molecule is N#CNC(=Nc1cccc(OC(F)F)c1)N1CC(N(CC2CC2)C(=O)CO)C(c2ccc(Cl)cc2)=N1. The summed E-state index contributed by atoms with van der Waals surface area (Å²) in [7, 11) is 0. The van der Waals surface area contributed by atoms with Gasteiger partial charge >= 0.3 is 6.61 Å². The summed E-state index contributed by atoms with van der Waals surface area (Å²) in [6.45, 7) is -3.02. The van der Waals surface area contributed by atoms with Crippen LogP contribution in [0.3, 0.4) is 0 Å². The Hall–Kier alpha value is -3.75. The van der Waals surface area contributed by atoms with E-state index in [0.29, 0.717) is 28.8 Å². The molecule has 36 heavy (non-hydrogen) atoms. The number of carbonyl (C=O) groups is 1. The van der Waals surface area contributed by atoms with Crippen LogP contribution >= 0.6 is 11.6 Å². The lowest BCUT2D eigenvalue weighted by Gasteiger charge is -2.30. The molecular weight excluding hydrogens is 494 g/mol. The first-order valence-corrected chi connectivity index (χ1v) is 11.6. The number of hydrogen-bond donors (Lipinski definition) is 2. The molecule has 0 saturated heterocycles. The first kappa shape index (κ1) is 25.3. The molecule has 2 aromatic rings. The van der Waals surface area contributed by atoms with Crippen LogP contribution in [0.1, 0.15) is 18.4 Å². The van der Waals surface area contributed by atoms with Crippen molar-refractivity contribution in [3.05, 3.63) is 59.1 Å². The van der Waals surface area contributed by atoms with Gasteiger partial charge in [0.25, 0.3) is 0 Å². The zero-order valence-corrected chi connectivity index (χ0v) is 19.8. The van der Waals surface area contributed by atoms with Crippen LogP contribution in [0.2, 0.25) is 5.02 Å². The lowest BCUT2D eigenvalue weighted by Crippen LogP contribution is -2.49. The third kappa shape index (κ3) is 6.27. The standard InChI is InChI=1S/C24H23ClF2N6O3/c25-17-8-6-16(7-9-17)22-20(32(21(35)13-34)11-15-4-5-15)12-33(31-22)24(29-14-28)30-18-2-1-3-19(10-18)36-23(26)27/h1-3,6-10,15,20,23,34H,4-5,11-13H2,(H,29,30). The second-order valence-corrected chi connectivity index (χ2v) is 8.72. The average molecular weight is 517 g/mol. The van der Waals surface area contributed by atoms with Crippen LogP contribution in [0.5, 0.6) is 5.75 Å². The van der Waals surface area contributed by atoms with Crippen molar-refractivity contribution in [3.8, 4) is 11.9 Å². The number of guanidine groups is 1. The van der Waals surface area contributed by atoms with E-state index in [1.807, 2.05) is 6.19 Å². The van der Waals surface area contributed by atoms with Crippen LogP contribution in [0, 0.1) is 17.4 Å². The fourth-order valence-corrected chi connectivity index (χ4v) is 3.99. The van der Waals surface area contributed by atoms with Gasteiger partial charge in [0.1, 0.15) is 12.4 Å². The highest BCUT2D eigenvalue weighted by molar-refractivity contribution is 6.30. The number of alkyl halides is 2. The largest absolute Gasteiger partial charge is 0.435 e. The molecule has 1 aliphatic heterocycles. The molecule has 2 aromatic carbocycles. The summed E-state index contributed by atoms with van der Waals surface area (Å²) in [6, 6.07) is 12.1. The maximum atomic E-state index is 12.7. The molecule has 1 atom stereocenters. The number of aliphatic imine (C=N–C) groups is 1. The molecule has 0 aromatic heterocycles. The second kappa shape index (κ2) is 11.3. The number of hydrogen-bond acceptors (Lipinski definition) is 6. The van der Waals surface area contributed by atoms with Crippen LogP contribution in [0.4, 0.5) is 14.5 Å². The van der Waals surface area contributed by atoms with Gasteiger partial charge < -0.3 is 14.7 Å². The molecule has 1 amide bonds. The Morgan fingerprint density at radius 3 is 2.72 bits per heavy atom. The molecular formula is C24H23ClF2N6O3. The molecule has 1 aliphatic carbocycles. The van der Waals surface area contributed by atoms with E-state index >= 15 is 0 Å². The molecule has 0 spiro atoms. The summed E-state index contributed by atoms with van der Waals surface area (Å²) >= 11 is 6.05. The van der Waals surface area contributed by atoms with Crippen molar-refractivity contribution in [2.24, 2.45) is 16.0 Å². The number of aliphatic hydroxyl groups excluding tert-OH is 1. The number of hydrazone groups is 1. The van der Waals surface area contributed by atoms with Crippen LogP contribution in [-0.4, -0.2) is 64.9 Å². The van der Waals surface area contributed by atoms with Gasteiger partial charge in [0.05, 0.1) is 24.0 Å². The van der Waals surface area contributed by atoms with Crippen molar-refractivity contribution in [1.82, 2.24) is 15.2 Å². The van der Waals surface area contributed by atoms with E-state index in [1.54, 1.807) is 35.2 Å². The maximum absolute atomic E-state index is 12.7. The van der Waals surface area contributed by atoms with E-state index in [9.17, 15) is 23.9 Å². The number of aliphatic hydroxyl groups is 1. The van der Waals surface area contributed by atoms with Gasteiger partial charge in [-0.05, 0) is 43.0 Å². The predicted molar refractivity (Wildman–Crippen MR) is 129 cm³/mol. The lowest BCUT2D eigenvalue weighted by atomic mass is 10.0. The summed E-state index contributed by atoms with van der Waals surface area (Å²) in [6.07, 6.45) is 3.81. The van der Waals surface area contributed by atoms with Crippen LogP contribution in [0.25, 0.3) is 0 Å². The van der Waals surface area contributed by atoms with Crippen molar-refractivity contribution < 1.29 is 23.4 Å². The summed E-state index contributed by atoms with van der Waals surface area (Å²) in [5.41, 5.74) is 1.50. The lowest BCUT2D eigenvalue weighted by molar-refractivity contribution is -0.135. The van der Waals surface area contributed by atoms with Crippen LogP contribution in [0.15, 0.2) is 58.6 Å². The number of halogens is 3. The number of rotatable bonds is 8. The minimum absolute atomic E-state index is 0.0310. The summed E-state index contributed by atoms with van der Waals surface area (Å²) in [5.74, 6) is -0.136. The molecule has 9 nitrogen and oxygen atoms in total. The highest BCUT2D eigenvalue weighted by Crippen LogP contribution is 2.32. The molecule has 1 saturated carbocycles. The quantitative estimate of drug-likeness (QED) is 0.241. The number of nitrogens with one attached hydrogen (secondary N) is 1. The molecule has 12 heteroatoms. The molecule has 1 heterocycles. The van der Waals surface area contributed by atoms with Crippen LogP contribution < -0.4 is 10.1 Å². The van der Waals surface area contributed by atoms with Gasteiger partial charge in [-0.15, -0.1) is 0 Å². The van der Waals surface area contributed by atoms with Gasteiger partial charge in [0, 0.05) is 23.2 Å². The molecule has 0 bridgehead atoms. The van der Waals surface area contributed by atoms with Gasteiger partial charge in [-0.25, -0.2) is 10.0 Å². The Balaban J connectivity index is 1.70. The Bertz CT molecular complexity index is 1200. The van der Waals surface area contributed by atoms with E-state index in [4.69, 9.17) is 11.6 Å². The third-order valence-corrected chi connectivity index (χ3v) is 5.96. The Labute approximate surface area is 211 Å². The van der Waals surface area contributed by atoms with Crippen molar-refractivity contribution in [3.63, 3.8) is 0 Å². The fourth-order valence-electron chi connectivity index (χ4n) is 3.86. The highest BCUT2D eigenvalue weighted by Gasteiger charge is 2.39.